The summed E-state index contributed by atoms with van der Waals surface area (Å²) in [5.41, 5.74) is 0.387. The van der Waals surface area contributed by atoms with Crippen molar-refractivity contribution in [2.45, 2.75) is 11.8 Å². The first-order valence-corrected chi connectivity index (χ1v) is 10.8. The number of carbonyl (C=O) groups is 1. The highest BCUT2D eigenvalue weighted by molar-refractivity contribution is 9.10. The molecule has 0 saturated carbocycles. The van der Waals surface area contributed by atoms with Crippen LogP contribution >= 0.6 is 27.5 Å². The van der Waals surface area contributed by atoms with Crippen molar-refractivity contribution in [2.75, 3.05) is 30.4 Å². The summed E-state index contributed by atoms with van der Waals surface area (Å²) in [7, 11) is -4.12. The van der Waals surface area contributed by atoms with E-state index in [2.05, 4.69) is 31.3 Å². The van der Waals surface area contributed by atoms with Crippen LogP contribution in [0.3, 0.4) is 0 Å². The second-order valence-corrected chi connectivity index (χ2v) is 8.39. The monoisotopic (exact) mass is 491 g/mol. The number of rotatable bonds is 8. The number of sulfonamides is 1. The number of hydrogen-bond donors (Lipinski definition) is 4. The summed E-state index contributed by atoms with van der Waals surface area (Å²) < 4.78 is 33.0. The minimum Gasteiger partial charge on any atom is -0.504 e. The zero-order valence-electron chi connectivity index (χ0n) is 14.8. The molecule has 0 saturated heterocycles. The van der Waals surface area contributed by atoms with Gasteiger partial charge in [0.05, 0.1) is 23.0 Å². The first-order chi connectivity index (χ1) is 13.3. The van der Waals surface area contributed by atoms with Gasteiger partial charge in [0, 0.05) is 17.6 Å². The summed E-state index contributed by atoms with van der Waals surface area (Å²) in [5.74, 6) is -0.668. The van der Waals surface area contributed by atoms with Crippen LogP contribution in [0.25, 0.3) is 0 Å². The Bertz CT molecular complexity index is 956. The number of benzene rings is 2. The number of para-hydroxylation sites is 1. The van der Waals surface area contributed by atoms with E-state index in [1.165, 1.54) is 12.1 Å². The Kier molecular flexibility index (Phi) is 8.08. The van der Waals surface area contributed by atoms with Crippen molar-refractivity contribution < 1.29 is 23.1 Å². The fraction of sp³-hybridized carbons (Fsp3) is 0.235. The minimum atomic E-state index is -4.12. The minimum absolute atomic E-state index is 0.00607. The lowest BCUT2D eigenvalue weighted by Crippen LogP contribution is -2.28. The summed E-state index contributed by atoms with van der Waals surface area (Å²) >= 11 is 9.27. The largest absolute Gasteiger partial charge is 0.504 e. The van der Waals surface area contributed by atoms with E-state index in [0.29, 0.717) is 16.8 Å². The topological polar surface area (TPSA) is 117 Å². The highest BCUT2D eigenvalue weighted by atomic mass is 79.9. The zero-order chi connectivity index (χ0) is 20.7. The fourth-order valence-electron chi connectivity index (χ4n) is 2.21. The molecule has 0 aliphatic heterocycles. The highest BCUT2D eigenvalue weighted by Crippen LogP contribution is 2.36. The Labute approximate surface area is 176 Å². The number of amides is 2. The van der Waals surface area contributed by atoms with Gasteiger partial charge in [-0.05, 0) is 47.1 Å². The molecule has 0 atom stereocenters. The predicted molar refractivity (Wildman–Crippen MR) is 112 cm³/mol. The lowest BCUT2D eigenvalue weighted by molar-refractivity contribution is 0.153. The van der Waals surface area contributed by atoms with Crippen molar-refractivity contribution in [1.82, 2.24) is 4.72 Å². The van der Waals surface area contributed by atoms with Crippen molar-refractivity contribution in [3.8, 4) is 5.75 Å². The number of phenolic OH excluding ortho intramolecular Hbond substituents is 1. The van der Waals surface area contributed by atoms with Gasteiger partial charge in [-0.15, -0.1) is 0 Å². The molecule has 0 aliphatic rings. The van der Waals surface area contributed by atoms with E-state index < -0.39 is 26.7 Å². The molecule has 8 nitrogen and oxygen atoms in total. The SMILES string of the molecule is CCOCCNS(=O)(=O)c1c(Cl)ccc(NC(=O)Nc2ccccc2Br)c1O. The molecule has 28 heavy (non-hydrogen) atoms. The maximum absolute atomic E-state index is 12.5. The van der Waals surface area contributed by atoms with Gasteiger partial charge in [0.15, 0.2) is 5.75 Å². The maximum atomic E-state index is 12.5. The van der Waals surface area contributed by atoms with Gasteiger partial charge in [-0.3, -0.25) is 0 Å². The number of ether oxygens (including phenoxy) is 1. The molecule has 2 rings (SSSR count). The van der Waals surface area contributed by atoms with Crippen LogP contribution in [-0.2, 0) is 14.8 Å². The number of halogens is 2. The van der Waals surface area contributed by atoms with Crippen molar-refractivity contribution in [2.24, 2.45) is 0 Å². The lowest BCUT2D eigenvalue weighted by Gasteiger charge is -2.14. The Morgan fingerprint density at radius 3 is 2.54 bits per heavy atom. The van der Waals surface area contributed by atoms with E-state index in [9.17, 15) is 18.3 Å². The Balaban J connectivity index is 2.19. The van der Waals surface area contributed by atoms with E-state index in [4.69, 9.17) is 16.3 Å². The molecule has 0 aromatic heterocycles. The average molecular weight is 493 g/mol. The van der Waals surface area contributed by atoms with Crippen molar-refractivity contribution in [1.29, 1.82) is 0 Å². The number of urea groups is 1. The molecule has 4 N–H and O–H groups in total. The molecule has 0 fully saturated rings. The Morgan fingerprint density at radius 2 is 1.86 bits per heavy atom. The number of aromatic hydroxyl groups is 1. The standard InChI is InChI=1S/C17H19BrClN3O5S/c1-2-27-10-9-20-28(25,26)16-12(19)7-8-14(15(16)23)22-17(24)21-13-6-4-3-5-11(13)18/h3-8,20,23H,2,9-10H2,1H3,(H2,21,22,24). The second kappa shape index (κ2) is 10.1. The van der Waals surface area contributed by atoms with E-state index in [0.717, 1.165) is 0 Å². The molecule has 0 aliphatic carbocycles. The van der Waals surface area contributed by atoms with Gasteiger partial charge < -0.3 is 20.5 Å². The predicted octanol–water partition coefficient (Wildman–Crippen LogP) is 3.77. The summed E-state index contributed by atoms with van der Waals surface area (Å²) in [5, 5.41) is 15.2. The van der Waals surface area contributed by atoms with Crippen LogP contribution in [0, 0.1) is 0 Å². The lowest BCUT2D eigenvalue weighted by atomic mass is 10.3. The Morgan fingerprint density at radius 1 is 1.18 bits per heavy atom. The molecule has 0 radical (unpaired) electrons. The molecule has 0 spiro atoms. The molecule has 2 amide bonds. The van der Waals surface area contributed by atoms with Crippen LogP contribution in [-0.4, -0.2) is 39.3 Å². The van der Waals surface area contributed by atoms with Gasteiger partial charge in [-0.25, -0.2) is 17.9 Å². The number of anilines is 2. The maximum Gasteiger partial charge on any atom is 0.323 e. The highest BCUT2D eigenvalue weighted by Gasteiger charge is 2.25. The van der Waals surface area contributed by atoms with Gasteiger partial charge in [0.25, 0.3) is 0 Å². The first-order valence-electron chi connectivity index (χ1n) is 8.17. The van der Waals surface area contributed by atoms with Crippen LogP contribution in [0.15, 0.2) is 45.8 Å². The van der Waals surface area contributed by atoms with Crippen molar-refractivity contribution in [3.05, 3.63) is 45.9 Å². The van der Waals surface area contributed by atoms with E-state index in [-0.39, 0.29) is 23.9 Å². The quantitative estimate of drug-likeness (QED) is 0.331. The summed E-state index contributed by atoms with van der Waals surface area (Å²) in [6.45, 7) is 2.40. The average Bonchev–Trinajstić information content (AvgIpc) is 2.63. The van der Waals surface area contributed by atoms with Gasteiger partial charge in [-0.2, -0.15) is 0 Å². The smallest absolute Gasteiger partial charge is 0.323 e. The van der Waals surface area contributed by atoms with Crippen molar-refractivity contribution in [3.63, 3.8) is 0 Å². The number of phenols is 1. The third-order valence-electron chi connectivity index (χ3n) is 3.47. The molecule has 11 heteroatoms. The van der Waals surface area contributed by atoms with E-state index in [1.807, 2.05) is 0 Å². The third-order valence-corrected chi connectivity index (χ3v) is 6.12. The summed E-state index contributed by atoms with van der Waals surface area (Å²) in [6.07, 6.45) is 0. The number of hydrogen-bond acceptors (Lipinski definition) is 5. The van der Waals surface area contributed by atoms with Crippen LogP contribution in [0.1, 0.15) is 6.92 Å². The molecule has 0 bridgehead atoms. The third kappa shape index (κ3) is 5.82. The molecule has 152 valence electrons. The molecule has 2 aromatic carbocycles. The van der Waals surface area contributed by atoms with Crippen LogP contribution < -0.4 is 15.4 Å². The second-order valence-electron chi connectivity index (χ2n) is 5.43. The van der Waals surface area contributed by atoms with Gasteiger partial charge in [-0.1, -0.05) is 23.7 Å². The normalized spacial score (nSPS) is 11.2. The van der Waals surface area contributed by atoms with E-state index in [1.54, 1.807) is 31.2 Å². The Hall–Kier alpha value is -1.85. The number of carbonyl (C=O) groups excluding carboxylic acids is 1. The van der Waals surface area contributed by atoms with Crippen LogP contribution in [0.4, 0.5) is 16.2 Å². The molecular formula is C17H19BrClN3O5S. The van der Waals surface area contributed by atoms with E-state index >= 15 is 0 Å². The molecule has 0 unspecified atom stereocenters. The first kappa shape index (κ1) is 22.4. The number of nitrogens with one attached hydrogen (secondary N) is 3. The van der Waals surface area contributed by atoms with Gasteiger partial charge in [0.2, 0.25) is 10.0 Å². The zero-order valence-corrected chi connectivity index (χ0v) is 18.0. The molecular weight excluding hydrogens is 474 g/mol. The van der Waals surface area contributed by atoms with Gasteiger partial charge >= 0.3 is 6.03 Å². The summed E-state index contributed by atoms with van der Waals surface area (Å²) in [6, 6.07) is 8.84. The molecule has 0 heterocycles. The van der Waals surface area contributed by atoms with Crippen LogP contribution in [0.2, 0.25) is 5.02 Å². The summed E-state index contributed by atoms with van der Waals surface area (Å²) in [4.78, 5) is 11.7. The van der Waals surface area contributed by atoms with Crippen molar-refractivity contribution >= 4 is 55.0 Å². The van der Waals surface area contributed by atoms with Gasteiger partial charge in [0.1, 0.15) is 4.90 Å². The fourth-order valence-corrected chi connectivity index (χ4v) is 4.23. The molecule has 2 aromatic rings. The van der Waals surface area contributed by atoms with Crippen LogP contribution in [0.5, 0.6) is 5.75 Å².